The maximum Gasteiger partial charge on any atom is 0.336 e. The van der Waals surface area contributed by atoms with Gasteiger partial charge >= 0.3 is 23.9 Å². The van der Waals surface area contributed by atoms with Crippen molar-refractivity contribution in [3.8, 4) is 41.4 Å². The third-order valence-electron chi connectivity index (χ3n) is 13.1. The smallest absolute Gasteiger partial charge is 0.336 e. The molecular weight excluding hydrogens is 1180 g/mol. The van der Waals surface area contributed by atoms with Crippen LogP contribution in [0, 0.1) is 37.5 Å². The Kier molecular flexibility index (Phi) is 21.9. The fourth-order valence-electron chi connectivity index (χ4n) is 8.85. The molecule has 0 unspecified atom stereocenters. The third-order valence-corrected chi connectivity index (χ3v) is 13.1. The molecule has 9 aromatic rings. The van der Waals surface area contributed by atoms with Gasteiger partial charge in [0.1, 0.15) is 23.0 Å². The molecule has 0 aromatic heterocycles. The highest BCUT2D eigenvalue weighted by atomic mass is 16.5. The van der Waals surface area contributed by atoms with Gasteiger partial charge < -0.3 is 51.2 Å². The van der Waals surface area contributed by atoms with Crippen LogP contribution in [0.15, 0.2) is 194 Å². The molecule has 0 heterocycles. The Hall–Kier alpha value is -13.3. The molecule has 0 spiro atoms. The van der Waals surface area contributed by atoms with Crippen molar-refractivity contribution in [2.45, 2.75) is 27.7 Å². The van der Waals surface area contributed by atoms with E-state index in [9.17, 15) is 58.2 Å². The van der Waals surface area contributed by atoms with Gasteiger partial charge in [-0.1, -0.05) is 60.5 Å². The van der Waals surface area contributed by atoms with Gasteiger partial charge in [-0.25, -0.2) is 19.2 Å². The molecule has 0 aliphatic heterocycles. The highest BCUT2D eigenvalue weighted by Gasteiger charge is 2.23. The average Bonchev–Trinajstić information content (AvgIpc) is 0.878. The van der Waals surface area contributed by atoms with Gasteiger partial charge in [0, 0.05) is 82.6 Å². The van der Waals surface area contributed by atoms with Crippen molar-refractivity contribution in [2.75, 3.05) is 21.3 Å². The van der Waals surface area contributed by atoms with Crippen molar-refractivity contribution in [2.24, 2.45) is 0 Å². The molecule has 21 nitrogen and oxygen atoms in total. The maximum absolute atomic E-state index is 12.9. The molecule has 0 radical (unpaired) electrons. The molecule has 92 heavy (non-hydrogen) atoms. The zero-order valence-corrected chi connectivity index (χ0v) is 49.2. The van der Waals surface area contributed by atoms with Gasteiger partial charge in [0.15, 0.2) is 11.6 Å². The van der Waals surface area contributed by atoms with E-state index in [2.05, 4.69) is 27.2 Å². The highest BCUT2D eigenvalue weighted by Crippen LogP contribution is 2.31. The van der Waals surface area contributed by atoms with Crippen LogP contribution in [0.4, 0.5) is 22.7 Å². The molecular formula is C71H53N5O16. The van der Waals surface area contributed by atoms with Crippen LogP contribution >= 0.6 is 0 Å². The fourth-order valence-corrected chi connectivity index (χ4v) is 8.85. The lowest BCUT2D eigenvalue weighted by Crippen LogP contribution is -2.18. The van der Waals surface area contributed by atoms with Crippen LogP contribution < -0.4 is 30.7 Å². The summed E-state index contributed by atoms with van der Waals surface area (Å²) in [6.45, 7) is 6.03. The number of nitrogens with one attached hydrogen (secondary N) is 4. The molecule has 8 N–H and O–H groups in total. The molecule has 9 rings (SSSR count). The molecule has 0 fully saturated rings. The van der Waals surface area contributed by atoms with Crippen LogP contribution in [0.5, 0.6) is 23.0 Å². The Bertz CT molecular complexity index is 4260. The number of aromatic carboxylic acids is 4. The minimum atomic E-state index is -1.35. The van der Waals surface area contributed by atoms with E-state index in [0.29, 0.717) is 68.0 Å². The van der Waals surface area contributed by atoms with Gasteiger partial charge in [-0.05, 0) is 146 Å². The second kappa shape index (κ2) is 30.4. The number of amides is 4. The predicted molar refractivity (Wildman–Crippen MR) is 339 cm³/mol. The van der Waals surface area contributed by atoms with Crippen molar-refractivity contribution >= 4 is 81.8 Å². The van der Waals surface area contributed by atoms with Crippen molar-refractivity contribution in [1.29, 1.82) is 5.26 Å². The minimum absolute atomic E-state index is 0.0578. The number of aryl methyl sites for hydroxylation is 2. The number of ketones is 2. The second-order valence-electron chi connectivity index (χ2n) is 19.9. The number of carboxylic acid groups (broad SMARTS) is 4. The van der Waals surface area contributed by atoms with E-state index in [1.807, 2.05) is 24.3 Å². The zero-order valence-electron chi connectivity index (χ0n) is 49.2. The maximum atomic E-state index is 12.9. The van der Waals surface area contributed by atoms with E-state index < -0.39 is 47.3 Å². The number of benzene rings is 9. The van der Waals surface area contributed by atoms with E-state index in [0.717, 1.165) is 6.07 Å². The Morgan fingerprint density at radius 2 is 0.685 bits per heavy atom. The molecule has 4 amide bonds. The van der Waals surface area contributed by atoms with Crippen molar-refractivity contribution in [1.82, 2.24) is 0 Å². The number of nitriles is 1. The summed E-state index contributed by atoms with van der Waals surface area (Å²) in [5.41, 5.74) is 3.30. The topological polar surface area (TPSA) is 342 Å². The van der Waals surface area contributed by atoms with Gasteiger partial charge in [-0.3, -0.25) is 28.8 Å². The number of carbonyl (C=O) groups is 10. The van der Waals surface area contributed by atoms with E-state index in [1.165, 1.54) is 86.6 Å². The predicted octanol–water partition coefficient (Wildman–Crippen LogP) is 12.8. The Morgan fingerprint density at radius 1 is 0.370 bits per heavy atom. The minimum Gasteiger partial charge on any atom is -0.478 e. The zero-order chi connectivity index (χ0) is 66.8. The molecule has 21 heteroatoms. The summed E-state index contributed by atoms with van der Waals surface area (Å²) in [5, 5.41) is 56.8. The van der Waals surface area contributed by atoms with Crippen molar-refractivity contribution in [3.05, 3.63) is 272 Å². The first-order chi connectivity index (χ1) is 43.9. The molecule has 0 atom stereocenters. The van der Waals surface area contributed by atoms with E-state index in [-0.39, 0.29) is 67.4 Å². The van der Waals surface area contributed by atoms with E-state index >= 15 is 0 Å². The number of hydrogen-bond acceptors (Lipinski definition) is 13. The summed E-state index contributed by atoms with van der Waals surface area (Å²) in [5.74, 6) is -2.83. The summed E-state index contributed by atoms with van der Waals surface area (Å²) in [6.07, 6.45) is 5.36. The molecule has 458 valence electrons. The number of nitrogens with zero attached hydrogens (tertiary/aromatic N) is 1. The number of carboxylic acids is 4. The lowest BCUT2D eigenvalue weighted by atomic mass is 9.95. The van der Waals surface area contributed by atoms with E-state index in [4.69, 9.17) is 31.4 Å². The number of anilines is 4. The SMILES string of the molecule is C#Cc1cccc(NC(=O)c2cc(C(=O)c3ccc(C(=O)O)c(C)c3)ccc2C(=O)O)c1.CC(=O)Nc1cccc(Oc2cccc(Oc3cccc(NC(C)=O)c3)c2)c1.Cc1cc(C(=O)c2ccc(C(=O)O)c(C(=O)Nc3cccc(C#N)c3)c2)ccc1C(=O)O. The monoisotopic (exact) mass is 1230 g/mol. The number of ether oxygens (including phenoxy) is 2. The van der Waals surface area contributed by atoms with Gasteiger partial charge in [-0.2, -0.15) is 5.26 Å². The molecule has 0 saturated carbocycles. The number of rotatable bonds is 18. The summed E-state index contributed by atoms with van der Waals surface area (Å²) in [7, 11) is 0. The van der Waals surface area contributed by atoms with Crippen LogP contribution in [0.1, 0.15) is 130 Å². The van der Waals surface area contributed by atoms with Crippen LogP contribution in [0.2, 0.25) is 0 Å². The van der Waals surface area contributed by atoms with Crippen molar-refractivity contribution < 1.29 is 77.8 Å². The van der Waals surface area contributed by atoms with Gasteiger partial charge in [0.25, 0.3) is 11.8 Å². The molecule has 0 aliphatic rings. The largest absolute Gasteiger partial charge is 0.478 e. The molecule has 0 saturated heterocycles. The number of carbonyl (C=O) groups excluding carboxylic acids is 6. The van der Waals surface area contributed by atoms with Crippen molar-refractivity contribution in [3.63, 3.8) is 0 Å². The molecule has 9 aromatic carbocycles. The number of terminal acetylenes is 1. The molecule has 0 bridgehead atoms. The van der Waals surface area contributed by atoms with Gasteiger partial charge in [0.05, 0.1) is 45.0 Å². The highest BCUT2D eigenvalue weighted by molar-refractivity contribution is 6.16. The molecule has 0 aliphatic carbocycles. The summed E-state index contributed by atoms with van der Waals surface area (Å²) in [4.78, 5) is 119. The summed E-state index contributed by atoms with van der Waals surface area (Å²) in [6, 6.07) is 51.5. The Morgan fingerprint density at radius 3 is 1.03 bits per heavy atom. The number of hydrogen-bond donors (Lipinski definition) is 8. The van der Waals surface area contributed by atoms with Gasteiger partial charge in [0.2, 0.25) is 11.8 Å². The standard InChI is InChI=1S/C25H17NO6.C24H16N2O6.C22H20N2O4/c1-3-15-5-4-6-18(12-15)26-23(28)21-13-17(8-10-20(21)25(31)32)22(27)16-7-9-19(24(29)30)14(2)11-16;1-13-9-15(5-7-18(13)23(29)30)21(27)16-6-8-19(24(31)32)20(11-16)22(28)26-17-4-2-3-14(10-17)12-25;1-15(25)23-17-6-3-8-19(12-17)27-21-10-5-11-22(14-21)28-20-9-4-7-18(13-20)24-16(2)26/h1,4-13H,2H3,(H,26,28)(H,29,30)(H,31,32);2-11H,1H3,(H,26,28)(H,29,30)(H,31,32);3-14H,1-2H3,(H,23,25)(H,24,26). The Balaban J connectivity index is 0.000000196. The average molecular weight is 1230 g/mol. The fraction of sp³-hybridized carbons (Fsp3) is 0.0563. The Labute approximate surface area is 525 Å². The summed E-state index contributed by atoms with van der Waals surface area (Å²) >= 11 is 0. The van der Waals surface area contributed by atoms with E-state index in [1.54, 1.807) is 111 Å². The van der Waals surface area contributed by atoms with Gasteiger partial charge in [-0.15, -0.1) is 6.42 Å². The van der Waals surface area contributed by atoms with Crippen LogP contribution in [0.25, 0.3) is 0 Å². The van der Waals surface area contributed by atoms with Crippen LogP contribution in [-0.2, 0) is 9.59 Å². The summed E-state index contributed by atoms with van der Waals surface area (Å²) < 4.78 is 11.7. The quantitative estimate of drug-likeness (QED) is 0.0292. The third kappa shape index (κ3) is 17.9. The van der Waals surface area contributed by atoms with Crippen LogP contribution in [-0.4, -0.2) is 79.5 Å². The second-order valence-corrected chi connectivity index (χ2v) is 19.9. The first-order valence-corrected chi connectivity index (χ1v) is 27.3. The lowest BCUT2D eigenvalue weighted by molar-refractivity contribution is -0.115. The first kappa shape index (κ1) is 66.3. The normalized spacial score (nSPS) is 10.1. The lowest BCUT2D eigenvalue weighted by Gasteiger charge is -2.11. The first-order valence-electron chi connectivity index (χ1n) is 27.3. The van der Waals surface area contributed by atoms with Crippen LogP contribution in [0.3, 0.4) is 0 Å².